The molecule has 4 nitrogen and oxygen atoms in total. The first-order chi connectivity index (χ1) is 10.3. The Kier molecular flexibility index (Phi) is 4.58. The molecule has 112 valence electrons. The lowest BCUT2D eigenvalue weighted by Gasteiger charge is -2.21. The molecule has 0 atom stereocenters. The van der Waals surface area contributed by atoms with Crippen LogP contribution in [0, 0.1) is 0 Å². The Hall–Kier alpha value is -1.36. The molecule has 1 saturated heterocycles. The zero-order chi connectivity index (χ0) is 14.7. The minimum absolute atomic E-state index is 0.0691. The van der Waals surface area contributed by atoms with Gasteiger partial charge in [-0.1, -0.05) is 41.9 Å². The largest absolute Gasteiger partial charge is 0.391 e. The predicted molar refractivity (Wildman–Crippen MR) is 81.5 cm³/mol. The summed E-state index contributed by atoms with van der Waals surface area (Å²) in [6.45, 7) is 2.05. The van der Waals surface area contributed by atoms with Gasteiger partial charge in [0.05, 0.1) is 18.8 Å². The highest BCUT2D eigenvalue weighted by Gasteiger charge is 2.25. The topological polar surface area (TPSA) is 47.3 Å². The summed E-state index contributed by atoms with van der Waals surface area (Å²) < 4.78 is 7.18. The minimum Gasteiger partial charge on any atom is -0.391 e. The molecule has 2 heterocycles. The van der Waals surface area contributed by atoms with Crippen molar-refractivity contribution in [3.63, 3.8) is 0 Å². The average molecular weight is 307 g/mol. The van der Waals surface area contributed by atoms with Gasteiger partial charge in [-0.2, -0.15) is 5.10 Å². The van der Waals surface area contributed by atoms with Crippen molar-refractivity contribution in [2.24, 2.45) is 0 Å². The summed E-state index contributed by atoms with van der Waals surface area (Å²) in [5.41, 5.74) is 2.84. The van der Waals surface area contributed by atoms with Gasteiger partial charge in [0.25, 0.3) is 0 Å². The maximum Gasteiger partial charge on any atom is 0.133 e. The number of nitrogens with zero attached hydrogens (tertiary/aromatic N) is 2. The second-order valence-electron chi connectivity index (χ2n) is 5.34. The van der Waals surface area contributed by atoms with Crippen LogP contribution in [-0.2, 0) is 17.9 Å². The van der Waals surface area contributed by atoms with Crippen molar-refractivity contribution in [1.29, 1.82) is 0 Å². The molecule has 3 rings (SSSR count). The molecule has 1 fully saturated rings. The van der Waals surface area contributed by atoms with E-state index in [1.165, 1.54) is 0 Å². The molecular formula is C16H19ClN2O2. The van der Waals surface area contributed by atoms with E-state index in [2.05, 4.69) is 5.10 Å². The molecular weight excluding hydrogens is 288 g/mol. The highest BCUT2D eigenvalue weighted by Crippen LogP contribution is 2.32. The molecule has 1 aromatic heterocycles. The van der Waals surface area contributed by atoms with Crippen LogP contribution in [0.1, 0.15) is 35.6 Å². The lowest BCUT2D eigenvalue weighted by molar-refractivity contribution is 0.0839. The first-order valence-corrected chi connectivity index (χ1v) is 7.65. The Bertz CT molecular complexity index is 592. The SMILES string of the molecule is OCc1c(C2CCOCC2)nn(Cc2ccccc2)c1Cl. The van der Waals surface area contributed by atoms with Gasteiger partial charge < -0.3 is 9.84 Å². The summed E-state index contributed by atoms with van der Waals surface area (Å²) in [6, 6.07) is 10.1. The van der Waals surface area contributed by atoms with Crippen LogP contribution in [0.15, 0.2) is 30.3 Å². The molecule has 5 heteroatoms. The summed E-state index contributed by atoms with van der Waals surface area (Å²) in [4.78, 5) is 0. The molecule has 21 heavy (non-hydrogen) atoms. The number of aromatic nitrogens is 2. The number of ether oxygens (including phenoxy) is 1. The van der Waals surface area contributed by atoms with E-state index in [-0.39, 0.29) is 6.61 Å². The van der Waals surface area contributed by atoms with Gasteiger partial charge in [-0.15, -0.1) is 0 Å². The Balaban J connectivity index is 1.89. The molecule has 2 aromatic rings. The van der Waals surface area contributed by atoms with Crippen LogP contribution in [0.4, 0.5) is 0 Å². The van der Waals surface area contributed by atoms with Gasteiger partial charge in [0, 0.05) is 24.7 Å². The fourth-order valence-electron chi connectivity index (χ4n) is 2.80. The van der Waals surface area contributed by atoms with E-state index in [0.717, 1.165) is 42.9 Å². The van der Waals surface area contributed by atoms with Crippen LogP contribution in [0.3, 0.4) is 0 Å². The van der Waals surface area contributed by atoms with Crippen LogP contribution >= 0.6 is 11.6 Å². The van der Waals surface area contributed by atoms with E-state index < -0.39 is 0 Å². The maximum absolute atomic E-state index is 9.64. The van der Waals surface area contributed by atoms with E-state index in [4.69, 9.17) is 16.3 Å². The molecule has 1 aliphatic rings. The Morgan fingerprint density at radius 1 is 1.24 bits per heavy atom. The summed E-state index contributed by atoms with van der Waals surface area (Å²) in [5.74, 6) is 0.329. The lowest BCUT2D eigenvalue weighted by Crippen LogP contribution is -2.16. The van der Waals surface area contributed by atoms with Crippen molar-refractivity contribution in [2.75, 3.05) is 13.2 Å². The molecule has 1 N–H and O–H groups in total. The Morgan fingerprint density at radius 2 is 1.95 bits per heavy atom. The highest BCUT2D eigenvalue weighted by molar-refractivity contribution is 6.30. The zero-order valence-electron chi connectivity index (χ0n) is 11.8. The quantitative estimate of drug-likeness (QED) is 0.944. The van der Waals surface area contributed by atoms with Crippen LogP contribution in [0.2, 0.25) is 5.15 Å². The van der Waals surface area contributed by atoms with Crippen LogP contribution in [0.5, 0.6) is 0 Å². The third-order valence-corrected chi connectivity index (χ3v) is 4.38. The van der Waals surface area contributed by atoms with Gasteiger partial charge in [0.15, 0.2) is 0 Å². The number of benzene rings is 1. The van der Waals surface area contributed by atoms with Crippen LogP contribution in [-0.4, -0.2) is 28.1 Å². The molecule has 0 unspecified atom stereocenters. The van der Waals surface area contributed by atoms with E-state index in [1.54, 1.807) is 4.68 Å². The summed E-state index contributed by atoms with van der Waals surface area (Å²) in [7, 11) is 0. The number of rotatable bonds is 4. The first-order valence-electron chi connectivity index (χ1n) is 7.27. The normalized spacial score (nSPS) is 16.3. The third kappa shape index (κ3) is 3.12. The predicted octanol–water partition coefficient (Wildman–Crippen LogP) is 2.97. The molecule has 0 spiro atoms. The molecule has 1 aliphatic heterocycles. The van der Waals surface area contributed by atoms with Crippen molar-refractivity contribution < 1.29 is 9.84 Å². The van der Waals surface area contributed by atoms with Gasteiger partial charge in [-0.25, -0.2) is 4.68 Å². The lowest BCUT2D eigenvalue weighted by atomic mass is 9.94. The fraction of sp³-hybridized carbons (Fsp3) is 0.438. The van der Waals surface area contributed by atoms with Crippen LogP contribution in [0.25, 0.3) is 0 Å². The minimum atomic E-state index is -0.0691. The van der Waals surface area contributed by atoms with E-state index in [0.29, 0.717) is 17.6 Å². The van der Waals surface area contributed by atoms with Gasteiger partial charge in [-0.3, -0.25) is 0 Å². The smallest absolute Gasteiger partial charge is 0.133 e. The second kappa shape index (κ2) is 6.60. The fourth-order valence-corrected chi connectivity index (χ4v) is 3.06. The first kappa shape index (κ1) is 14.6. The molecule has 0 saturated carbocycles. The Labute approximate surface area is 129 Å². The number of hydrogen-bond donors (Lipinski definition) is 1. The van der Waals surface area contributed by atoms with Gasteiger partial charge in [0.1, 0.15) is 5.15 Å². The van der Waals surface area contributed by atoms with Gasteiger partial charge >= 0.3 is 0 Å². The second-order valence-corrected chi connectivity index (χ2v) is 5.70. The highest BCUT2D eigenvalue weighted by atomic mass is 35.5. The van der Waals surface area contributed by atoms with Crippen molar-refractivity contribution in [3.05, 3.63) is 52.3 Å². The number of aliphatic hydroxyl groups is 1. The third-order valence-electron chi connectivity index (χ3n) is 3.95. The number of hydrogen-bond acceptors (Lipinski definition) is 3. The molecule has 0 aliphatic carbocycles. The maximum atomic E-state index is 9.64. The zero-order valence-corrected chi connectivity index (χ0v) is 12.6. The van der Waals surface area contributed by atoms with Crippen molar-refractivity contribution in [2.45, 2.75) is 31.9 Å². The van der Waals surface area contributed by atoms with Crippen molar-refractivity contribution >= 4 is 11.6 Å². The summed E-state index contributed by atoms with van der Waals surface area (Å²) >= 11 is 6.41. The standard InChI is InChI=1S/C16H19ClN2O2/c17-16-14(11-20)15(13-6-8-21-9-7-13)18-19(16)10-12-4-2-1-3-5-12/h1-5,13,20H,6-11H2. The van der Waals surface area contributed by atoms with Gasteiger partial charge in [-0.05, 0) is 18.4 Å². The monoisotopic (exact) mass is 306 g/mol. The van der Waals surface area contributed by atoms with Gasteiger partial charge in [0.2, 0.25) is 0 Å². The van der Waals surface area contributed by atoms with E-state index in [1.807, 2.05) is 30.3 Å². The van der Waals surface area contributed by atoms with E-state index in [9.17, 15) is 5.11 Å². The summed E-state index contributed by atoms with van der Waals surface area (Å²) in [6.07, 6.45) is 1.87. The van der Waals surface area contributed by atoms with Crippen molar-refractivity contribution in [3.8, 4) is 0 Å². The molecule has 1 aromatic carbocycles. The Morgan fingerprint density at radius 3 is 2.62 bits per heavy atom. The van der Waals surface area contributed by atoms with Crippen molar-refractivity contribution in [1.82, 2.24) is 9.78 Å². The summed E-state index contributed by atoms with van der Waals surface area (Å²) in [5, 5.41) is 14.9. The number of aliphatic hydroxyl groups excluding tert-OH is 1. The molecule has 0 bridgehead atoms. The molecule has 0 amide bonds. The molecule has 0 radical (unpaired) electrons. The van der Waals surface area contributed by atoms with E-state index >= 15 is 0 Å². The van der Waals surface area contributed by atoms with Crippen LogP contribution < -0.4 is 0 Å². The number of halogens is 1. The average Bonchev–Trinajstić information content (AvgIpc) is 2.85.